The van der Waals surface area contributed by atoms with Crippen molar-refractivity contribution in [1.29, 1.82) is 0 Å². The predicted octanol–water partition coefficient (Wildman–Crippen LogP) is 1.90. The van der Waals surface area contributed by atoms with Crippen LogP contribution in [0.25, 0.3) is 0 Å². The number of aryl methyl sites for hydroxylation is 1. The third kappa shape index (κ3) is 2.48. The maximum absolute atomic E-state index is 11.7. The van der Waals surface area contributed by atoms with E-state index in [9.17, 15) is 9.59 Å². The van der Waals surface area contributed by atoms with Crippen molar-refractivity contribution >= 4 is 5.97 Å². The zero-order valence-corrected chi connectivity index (χ0v) is 9.96. The van der Waals surface area contributed by atoms with Gasteiger partial charge in [-0.25, -0.2) is 4.79 Å². The summed E-state index contributed by atoms with van der Waals surface area (Å²) in [6.45, 7) is 2.11. The van der Waals surface area contributed by atoms with Gasteiger partial charge in [0, 0.05) is 12.3 Å². The molecule has 4 nitrogen and oxygen atoms in total. The first-order valence-electron chi connectivity index (χ1n) is 5.56. The summed E-state index contributed by atoms with van der Waals surface area (Å²) in [6, 6.07) is 10.0. The van der Waals surface area contributed by atoms with Gasteiger partial charge in [-0.05, 0) is 30.2 Å². The van der Waals surface area contributed by atoms with E-state index in [-0.39, 0.29) is 17.7 Å². The van der Waals surface area contributed by atoms with Gasteiger partial charge in [-0.2, -0.15) is 0 Å². The van der Waals surface area contributed by atoms with Crippen molar-refractivity contribution in [3.63, 3.8) is 0 Å². The molecule has 4 heteroatoms. The number of aromatic nitrogens is 1. The lowest BCUT2D eigenvalue weighted by molar-refractivity contribution is 0.0695. The predicted molar refractivity (Wildman–Crippen MR) is 67.9 cm³/mol. The summed E-state index contributed by atoms with van der Waals surface area (Å²) < 4.78 is 1.49. The van der Waals surface area contributed by atoms with E-state index in [1.54, 1.807) is 24.4 Å². The van der Waals surface area contributed by atoms with E-state index in [4.69, 9.17) is 5.11 Å². The summed E-state index contributed by atoms with van der Waals surface area (Å²) in [5, 5.41) is 9.07. The number of pyridine rings is 1. The van der Waals surface area contributed by atoms with Crippen LogP contribution in [-0.2, 0) is 6.54 Å². The summed E-state index contributed by atoms with van der Waals surface area (Å²) >= 11 is 0. The lowest BCUT2D eigenvalue weighted by atomic mass is 10.1. The summed E-state index contributed by atoms with van der Waals surface area (Å²) in [4.78, 5) is 22.8. The van der Waals surface area contributed by atoms with Crippen LogP contribution in [0, 0.1) is 6.92 Å². The lowest BCUT2D eigenvalue weighted by Crippen LogP contribution is -2.20. The van der Waals surface area contributed by atoms with Crippen molar-refractivity contribution in [3.8, 4) is 0 Å². The van der Waals surface area contributed by atoms with Crippen LogP contribution in [0.3, 0.4) is 0 Å². The fourth-order valence-electron chi connectivity index (χ4n) is 1.79. The Morgan fingerprint density at radius 1 is 1.28 bits per heavy atom. The molecule has 92 valence electrons. The van der Waals surface area contributed by atoms with E-state index in [0.29, 0.717) is 5.56 Å². The SMILES string of the molecule is Cc1ccn(Cc2ccccc2C(=O)O)c(=O)c1. The van der Waals surface area contributed by atoms with E-state index in [2.05, 4.69) is 0 Å². The summed E-state index contributed by atoms with van der Waals surface area (Å²) in [5.41, 5.74) is 1.61. The van der Waals surface area contributed by atoms with Crippen molar-refractivity contribution in [2.45, 2.75) is 13.5 Å². The second-order valence-electron chi connectivity index (χ2n) is 4.13. The van der Waals surface area contributed by atoms with E-state index in [1.165, 1.54) is 16.7 Å². The fraction of sp³-hybridized carbons (Fsp3) is 0.143. The highest BCUT2D eigenvalue weighted by Crippen LogP contribution is 2.10. The molecule has 0 spiro atoms. The molecule has 0 radical (unpaired) electrons. The van der Waals surface area contributed by atoms with Gasteiger partial charge in [0.05, 0.1) is 12.1 Å². The molecule has 18 heavy (non-hydrogen) atoms. The molecule has 0 aliphatic rings. The molecule has 2 aromatic rings. The molecule has 0 amide bonds. The molecule has 1 aromatic heterocycles. The summed E-state index contributed by atoms with van der Waals surface area (Å²) in [5.74, 6) is -0.981. The van der Waals surface area contributed by atoms with E-state index < -0.39 is 5.97 Å². The van der Waals surface area contributed by atoms with Gasteiger partial charge in [-0.1, -0.05) is 18.2 Å². The third-order valence-corrected chi connectivity index (χ3v) is 2.74. The average Bonchev–Trinajstić information content (AvgIpc) is 2.33. The van der Waals surface area contributed by atoms with Gasteiger partial charge in [0.15, 0.2) is 0 Å². The Morgan fingerprint density at radius 2 is 2.00 bits per heavy atom. The van der Waals surface area contributed by atoms with E-state index in [0.717, 1.165) is 5.56 Å². The van der Waals surface area contributed by atoms with Gasteiger partial charge >= 0.3 is 5.97 Å². The first-order valence-corrected chi connectivity index (χ1v) is 5.56. The number of hydrogen-bond acceptors (Lipinski definition) is 2. The highest BCUT2D eigenvalue weighted by Gasteiger charge is 2.09. The Labute approximate surface area is 104 Å². The van der Waals surface area contributed by atoms with Crippen LogP contribution < -0.4 is 5.56 Å². The normalized spacial score (nSPS) is 10.3. The molecule has 2 rings (SSSR count). The Hall–Kier alpha value is -2.36. The molecule has 1 N–H and O–H groups in total. The minimum absolute atomic E-state index is 0.129. The van der Waals surface area contributed by atoms with Crippen LogP contribution in [0.5, 0.6) is 0 Å². The van der Waals surface area contributed by atoms with Gasteiger partial charge in [0.1, 0.15) is 0 Å². The first-order chi connectivity index (χ1) is 8.58. The fourth-order valence-corrected chi connectivity index (χ4v) is 1.79. The Morgan fingerprint density at radius 3 is 2.67 bits per heavy atom. The minimum Gasteiger partial charge on any atom is -0.478 e. The van der Waals surface area contributed by atoms with Crippen LogP contribution in [-0.4, -0.2) is 15.6 Å². The van der Waals surface area contributed by atoms with Crippen LogP contribution in [0.4, 0.5) is 0 Å². The van der Waals surface area contributed by atoms with Crippen molar-refractivity contribution in [2.24, 2.45) is 0 Å². The molecule has 0 saturated heterocycles. The molecule has 0 aliphatic heterocycles. The number of carboxylic acid groups (broad SMARTS) is 1. The quantitative estimate of drug-likeness (QED) is 0.895. The number of nitrogens with zero attached hydrogens (tertiary/aromatic N) is 1. The van der Waals surface area contributed by atoms with Crippen LogP contribution in [0.1, 0.15) is 21.5 Å². The van der Waals surface area contributed by atoms with Crippen molar-refractivity contribution in [2.75, 3.05) is 0 Å². The molecule has 1 aromatic carbocycles. The molecule has 0 unspecified atom stereocenters. The average molecular weight is 243 g/mol. The second-order valence-corrected chi connectivity index (χ2v) is 4.13. The van der Waals surface area contributed by atoms with E-state index in [1.807, 2.05) is 13.0 Å². The van der Waals surface area contributed by atoms with Gasteiger partial charge in [0.2, 0.25) is 0 Å². The molecule has 1 heterocycles. The smallest absolute Gasteiger partial charge is 0.336 e. The van der Waals surface area contributed by atoms with Crippen molar-refractivity contribution in [3.05, 3.63) is 69.6 Å². The molecule has 0 fully saturated rings. The molecule has 0 saturated carbocycles. The highest BCUT2D eigenvalue weighted by molar-refractivity contribution is 5.89. The van der Waals surface area contributed by atoms with Crippen LogP contribution in [0.15, 0.2) is 47.4 Å². The van der Waals surface area contributed by atoms with E-state index >= 15 is 0 Å². The van der Waals surface area contributed by atoms with Crippen molar-refractivity contribution < 1.29 is 9.90 Å². The first kappa shape index (κ1) is 12.1. The topological polar surface area (TPSA) is 59.3 Å². The molecule has 0 aliphatic carbocycles. The Balaban J connectivity index is 2.40. The molecule has 0 bridgehead atoms. The molecular formula is C14H13NO3. The zero-order valence-electron chi connectivity index (χ0n) is 9.96. The maximum atomic E-state index is 11.7. The molecular weight excluding hydrogens is 230 g/mol. The number of rotatable bonds is 3. The molecule has 0 atom stereocenters. The van der Waals surface area contributed by atoms with Crippen molar-refractivity contribution in [1.82, 2.24) is 4.57 Å². The minimum atomic E-state index is -0.981. The lowest BCUT2D eigenvalue weighted by Gasteiger charge is -2.08. The number of carbonyl (C=O) groups is 1. The standard InChI is InChI=1S/C14H13NO3/c1-10-6-7-15(13(16)8-10)9-11-4-2-3-5-12(11)14(17)18/h2-8H,9H2,1H3,(H,17,18). The van der Waals surface area contributed by atoms with Gasteiger partial charge in [-0.15, -0.1) is 0 Å². The Bertz CT molecular complexity index is 643. The van der Waals surface area contributed by atoms with Gasteiger partial charge in [0.25, 0.3) is 5.56 Å². The maximum Gasteiger partial charge on any atom is 0.336 e. The van der Waals surface area contributed by atoms with Crippen LogP contribution >= 0.6 is 0 Å². The number of hydrogen-bond donors (Lipinski definition) is 1. The third-order valence-electron chi connectivity index (χ3n) is 2.74. The number of carboxylic acids is 1. The second kappa shape index (κ2) is 4.87. The Kier molecular flexibility index (Phi) is 3.28. The summed E-state index contributed by atoms with van der Waals surface area (Å²) in [7, 11) is 0. The zero-order chi connectivity index (χ0) is 13.1. The van der Waals surface area contributed by atoms with Gasteiger partial charge in [-0.3, -0.25) is 4.79 Å². The number of aromatic carboxylic acids is 1. The summed E-state index contributed by atoms with van der Waals surface area (Å²) in [6.07, 6.45) is 1.68. The monoisotopic (exact) mass is 243 g/mol. The van der Waals surface area contributed by atoms with Gasteiger partial charge < -0.3 is 9.67 Å². The highest BCUT2D eigenvalue weighted by atomic mass is 16.4. The largest absolute Gasteiger partial charge is 0.478 e. The number of benzene rings is 1. The van der Waals surface area contributed by atoms with Crippen LogP contribution in [0.2, 0.25) is 0 Å².